The Morgan fingerprint density at radius 1 is 0.979 bits per heavy atom. The van der Waals surface area contributed by atoms with Crippen LogP contribution in [-0.2, 0) is 27.1 Å². The maximum Gasteiger partial charge on any atom is 0.410 e. The third-order valence-corrected chi connectivity index (χ3v) is 10.5. The van der Waals surface area contributed by atoms with Crippen LogP contribution >= 0.6 is 0 Å². The average molecular weight is 651 g/mol. The van der Waals surface area contributed by atoms with Crippen LogP contribution in [0, 0.1) is 13.8 Å². The third kappa shape index (κ3) is 7.34. The first-order valence-electron chi connectivity index (χ1n) is 17.0. The van der Waals surface area contributed by atoms with E-state index in [1.165, 1.54) is 0 Å². The second-order valence-corrected chi connectivity index (χ2v) is 13.5. The molecule has 0 saturated carbocycles. The number of hydrogen-bond acceptors (Lipinski definition) is 7. The largest absolute Gasteiger partial charge is 0.507 e. The van der Waals surface area contributed by atoms with Crippen molar-refractivity contribution in [2.75, 3.05) is 64.3 Å². The van der Waals surface area contributed by atoms with E-state index in [-0.39, 0.29) is 40.8 Å². The first kappa shape index (κ1) is 33.0. The number of aromatic hydroxyl groups is 1. The Balaban J connectivity index is 1.10. The molecule has 0 spiro atoms. The van der Waals surface area contributed by atoms with Gasteiger partial charge in [0.15, 0.2) is 6.10 Å². The number of nitrogens with one attached hydrogen (secondary N) is 1. The van der Waals surface area contributed by atoms with Gasteiger partial charge in [-0.25, -0.2) is 14.8 Å². The normalized spacial score (nSPS) is 21.4. The molecule has 4 aliphatic rings. The summed E-state index contributed by atoms with van der Waals surface area (Å²) in [6.45, 7) is 7.87. The highest BCUT2D eigenvalue weighted by molar-refractivity contribution is 5.91. The van der Waals surface area contributed by atoms with Crippen LogP contribution in [0.2, 0.25) is 0 Å². The zero-order valence-electron chi connectivity index (χ0n) is 27.5. The Morgan fingerprint density at radius 3 is 2.32 bits per heavy atom. The SMILES string of the molecule is Cc1cc(C[C@@H](OC(=O)N2CCC(N3CCc4ccccc4NC3=O)CC2)C(=O)N2CC[N+](O)(C3CCOCC3)CC2)cc(C)c1O. The van der Waals surface area contributed by atoms with Crippen LogP contribution in [-0.4, -0.2) is 125 Å². The number of benzene rings is 2. The molecule has 0 unspecified atom stereocenters. The van der Waals surface area contributed by atoms with Gasteiger partial charge in [0.25, 0.3) is 5.91 Å². The number of para-hydroxylation sites is 1. The summed E-state index contributed by atoms with van der Waals surface area (Å²) in [4.78, 5) is 45.8. The fourth-order valence-corrected chi connectivity index (χ4v) is 7.62. The minimum Gasteiger partial charge on any atom is -0.507 e. The number of urea groups is 1. The number of piperazine rings is 1. The third-order valence-electron chi connectivity index (χ3n) is 10.5. The van der Waals surface area contributed by atoms with E-state index in [9.17, 15) is 24.7 Å². The van der Waals surface area contributed by atoms with Crippen molar-refractivity contribution in [3.8, 4) is 5.75 Å². The van der Waals surface area contributed by atoms with Crippen molar-refractivity contribution in [3.05, 3.63) is 58.7 Å². The zero-order chi connectivity index (χ0) is 33.1. The Bertz CT molecular complexity index is 1440. The molecule has 4 aliphatic heterocycles. The smallest absolute Gasteiger partial charge is 0.410 e. The summed E-state index contributed by atoms with van der Waals surface area (Å²) in [7, 11) is 0. The number of rotatable bonds is 6. The first-order valence-corrected chi connectivity index (χ1v) is 17.0. The van der Waals surface area contributed by atoms with Crippen molar-refractivity contribution in [2.24, 2.45) is 0 Å². The first-order chi connectivity index (χ1) is 22.6. The van der Waals surface area contributed by atoms with Gasteiger partial charge in [-0.1, -0.05) is 30.3 Å². The summed E-state index contributed by atoms with van der Waals surface area (Å²) in [6.07, 6.45) is 2.14. The second kappa shape index (κ2) is 14.1. The van der Waals surface area contributed by atoms with Crippen molar-refractivity contribution in [1.29, 1.82) is 0 Å². The Morgan fingerprint density at radius 2 is 1.64 bits per heavy atom. The molecule has 4 heterocycles. The van der Waals surface area contributed by atoms with E-state index in [1.54, 1.807) is 9.80 Å². The summed E-state index contributed by atoms with van der Waals surface area (Å²) in [5.74, 6) is -0.0738. The van der Waals surface area contributed by atoms with Gasteiger partial charge in [-0.2, -0.15) is 4.65 Å². The number of fused-ring (bicyclic) bond motifs is 1. The number of likely N-dealkylation sites (tertiary alicyclic amines) is 1. The summed E-state index contributed by atoms with van der Waals surface area (Å²) in [5, 5.41) is 24.7. The average Bonchev–Trinajstić information content (AvgIpc) is 3.25. The molecule has 0 aliphatic carbocycles. The van der Waals surface area contributed by atoms with Crippen LogP contribution in [0.25, 0.3) is 0 Å². The molecule has 3 saturated heterocycles. The number of phenols is 1. The van der Waals surface area contributed by atoms with Crippen molar-refractivity contribution in [2.45, 2.75) is 70.6 Å². The van der Waals surface area contributed by atoms with Crippen LogP contribution in [0.15, 0.2) is 36.4 Å². The number of piperidine rings is 1. The predicted octanol–water partition coefficient (Wildman–Crippen LogP) is 3.84. The molecule has 3 N–H and O–H groups in total. The van der Waals surface area contributed by atoms with E-state index < -0.39 is 12.2 Å². The number of anilines is 1. The molecular weight excluding hydrogens is 602 g/mol. The summed E-state index contributed by atoms with van der Waals surface area (Å²) < 4.78 is 11.4. The molecule has 254 valence electrons. The molecule has 12 heteroatoms. The minimum atomic E-state index is -1.06. The van der Waals surface area contributed by atoms with E-state index in [2.05, 4.69) is 5.32 Å². The highest BCUT2D eigenvalue weighted by Crippen LogP contribution is 2.28. The maximum atomic E-state index is 14.0. The van der Waals surface area contributed by atoms with Gasteiger partial charge in [-0.15, -0.1) is 0 Å². The lowest BCUT2D eigenvalue weighted by atomic mass is 10.00. The van der Waals surface area contributed by atoms with Gasteiger partial charge in [0.2, 0.25) is 0 Å². The number of hydroxylamine groups is 3. The lowest BCUT2D eigenvalue weighted by molar-refractivity contribution is -1.12. The van der Waals surface area contributed by atoms with Crippen molar-refractivity contribution < 1.29 is 38.8 Å². The van der Waals surface area contributed by atoms with E-state index in [1.807, 2.05) is 55.1 Å². The summed E-state index contributed by atoms with van der Waals surface area (Å²) in [6, 6.07) is 11.5. The maximum absolute atomic E-state index is 14.0. The highest BCUT2D eigenvalue weighted by atomic mass is 16.6. The van der Waals surface area contributed by atoms with Crippen molar-refractivity contribution >= 4 is 23.7 Å². The quantitative estimate of drug-likeness (QED) is 0.405. The van der Waals surface area contributed by atoms with Gasteiger partial charge in [0, 0.05) is 50.6 Å². The molecule has 0 radical (unpaired) electrons. The number of aryl methyl sites for hydroxylation is 2. The zero-order valence-corrected chi connectivity index (χ0v) is 27.5. The van der Waals surface area contributed by atoms with Gasteiger partial charge in [0.1, 0.15) is 24.9 Å². The number of carbonyl (C=O) groups excluding carboxylic acids is 3. The predicted molar refractivity (Wildman–Crippen MR) is 174 cm³/mol. The van der Waals surface area contributed by atoms with Crippen LogP contribution in [0.3, 0.4) is 0 Å². The van der Waals surface area contributed by atoms with E-state index in [0.717, 1.165) is 36.1 Å². The number of ether oxygens (including phenoxy) is 2. The Hall–Kier alpha value is -3.87. The topological polar surface area (TPSA) is 132 Å². The number of nitrogens with zero attached hydrogens (tertiary/aromatic N) is 4. The molecule has 0 bridgehead atoms. The van der Waals surface area contributed by atoms with E-state index in [0.29, 0.717) is 83.0 Å². The Labute approximate surface area is 276 Å². The Kier molecular flexibility index (Phi) is 9.90. The monoisotopic (exact) mass is 650 g/mol. The van der Waals surface area contributed by atoms with Crippen LogP contribution in [0.4, 0.5) is 15.3 Å². The standard InChI is InChI=1S/C35H47N5O7/c1-24-21-26(22-25(2)32(24)41)23-31(33(42)37-15-17-40(45,18-16-37)29-10-19-46-20-11-29)47-35(44)38-12-8-28(9-13-38)39-14-7-27-5-3-4-6-30(27)36-34(39)43/h3-6,21-22,28-29,31,45H,7-20,23H2,1-2H3,(H-,36,41,43)/p+1/t31-/m1/s1. The number of amides is 4. The molecule has 2 aromatic carbocycles. The summed E-state index contributed by atoms with van der Waals surface area (Å²) >= 11 is 0. The summed E-state index contributed by atoms with van der Waals surface area (Å²) in [5.41, 5.74) is 4.13. The molecule has 3 fully saturated rings. The fourth-order valence-electron chi connectivity index (χ4n) is 7.62. The minimum absolute atomic E-state index is 0.00492. The van der Waals surface area contributed by atoms with Gasteiger partial charge >= 0.3 is 12.1 Å². The van der Waals surface area contributed by atoms with Crippen molar-refractivity contribution in [1.82, 2.24) is 14.7 Å². The lowest BCUT2D eigenvalue weighted by Crippen LogP contribution is -2.64. The highest BCUT2D eigenvalue weighted by Gasteiger charge is 2.43. The number of hydrogen-bond donors (Lipinski definition) is 3. The fraction of sp³-hybridized carbons (Fsp3) is 0.571. The molecule has 2 aromatic rings. The molecule has 47 heavy (non-hydrogen) atoms. The number of quaternary nitrogens is 1. The van der Waals surface area contributed by atoms with Gasteiger partial charge in [-0.05, 0) is 61.4 Å². The molecular formula is C35H48N5O7+. The van der Waals surface area contributed by atoms with Crippen molar-refractivity contribution in [3.63, 3.8) is 0 Å². The molecule has 1 atom stereocenters. The van der Waals surface area contributed by atoms with Gasteiger partial charge in [-0.3, -0.25) is 4.79 Å². The number of phenolic OH excluding ortho intramolecular Hbond substituents is 1. The molecule has 6 rings (SSSR count). The van der Waals surface area contributed by atoms with E-state index in [4.69, 9.17) is 9.47 Å². The molecule has 12 nitrogen and oxygen atoms in total. The molecule has 4 amide bonds. The van der Waals surface area contributed by atoms with Crippen LogP contribution in [0.5, 0.6) is 5.75 Å². The van der Waals surface area contributed by atoms with Gasteiger partial charge < -0.3 is 34.6 Å². The van der Waals surface area contributed by atoms with Crippen LogP contribution in [0.1, 0.15) is 47.9 Å². The van der Waals surface area contributed by atoms with Crippen LogP contribution < -0.4 is 5.32 Å². The lowest BCUT2D eigenvalue weighted by Gasteiger charge is -2.44. The van der Waals surface area contributed by atoms with Gasteiger partial charge in [0.05, 0.1) is 26.3 Å². The molecule has 0 aromatic heterocycles. The second-order valence-electron chi connectivity index (χ2n) is 13.5. The van der Waals surface area contributed by atoms with E-state index >= 15 is 0 Å². The number of carbonyl (C=O) groups is 3.